The molecule has 176 valence electrons. The summed E-state index contributed by atoms with van der Waals surface area (Å²) in [5.74, 6) is 1.77. The van der Waals surface area contributed by atoms with Crippen LogP contribution in [-0.4, -0.2) is 51.2 Å². The minimum atomic E-state index is -0.204. The van der Waals surface area contributed by atoms with Crippen LogP contribution in [0.2, 0.25) is 0 Å². The second kappa shape index (κ2) is 9.77. The van der Waals surface area contributed by atoms with E-state index in [1.807, 2.05) is 42.0 Å². The van der Waals surface area contributed by atoms with E-state index in [1.54, 1.807) is 6.26 Å². The van der Waals surface area contributed by atoms with Gasteiger partial charge in [-0.3, -0.25) is 4.90 Å². The number of rotatable bonds is 8. The second-order valence-electron chi connectivity index (χ2n) is 8.73. The molecule has 3 aromatic heterocycles. The van der Waals surface area contributed by atoms with E-state index in [0.717, 1.165) is 68.2 Å². The highest BCUT2D eigenvalue weighted by molar-refractivity contribution is 5.66. The van der Waals surface area contributed by atoms with E-state index in [9.17, 15) is 4.39 Å². The fourth-order valence-electron chi connectivity index (χ4n) is 4.31. The molecule has 8 heteroatoms. The number of halogens is 1. The third-order valence-corrected chi connectivity index (χ3v) is 6.25. The molecule has 5 rings (SSSR count). The molecule has 4 aromatic rings. The Balaban J connectivity index is 1.41. The van der Waals surface area contributed by atoms with Crippen molar-refractivity contribution >= 4 is 17.2 Å². The van der Waals surface area contributed by atoms with Gasteiger partial charge in [0.1, 0.15) is 5.82 Å². The fraction of sp³-hybridized carbons (Fsp3) is 0.346. The number of benzene rings is 1. The average molecular weight is 461 g/mol. The van der Waals surface area contributed by atoms with Crippen molar-refractivity contribution in [2.24, 2.45) is 0 Å². The number of fused-ring (bicyclic) bond motifs is 1. The van der Waals surface area contributed by atoms with Crippen LogP contribution in [0.3, 0.4) is 0 Å². The van der Waals surface area contributed by atoms with Gasteiger partial charge in [0.2, 0.25) is 11.8 Å². The van der Waals surface area contributed by atoms with Crippen LogP contribution in [0.15, 0.2) is 59.4 Å². The normalized spacial score (nSPS) is 14.5. The van der Waals surface area contributed by atoms with Gasteiger partial charge in [-0.1, -0.05) is 31.6 Å². The average Bonchev–Trinajstić information content (AvgIpc) is 3.54. The van der Waals surface area contributed by atoms with E-state index >= 15 is 0 Å². The number of anilines is 1. The molecule has 1 aromatic carbocycles. The van der Waals surface area contributed by atoms with Crippen molar-refractivity contribution < 1.29 is 8.81 Å². The molecule has 7 nitrogen and oxygen atoms in total. The largest absolute Gasteiger partial charge is 0.461 e. The third-order valence-electron chi connectivity index (χ3n) is 6.25. The van der Waals surface area contributed by atoms with Gasteiger partial charge in [0.25, 0.3) is 0 Å². The maximum Gasteiger partial charge on any atom is 0.228 e. The first kappa shape index (κ1) is 22.3. The number of furan rings is 1. The summed E-state index contributed by atoms with van der Waals surface area (Å²) in [4.78, 5) is 14.1. The summed E-state index contributed by atoms with van der Waals surface area (Å²) in [6, 6.07) is 10.5. The van der Waals surface area contributed by atoms with E-state index in [0.29, 0.717) is 11.6 Å². The maximum atomic E-state index is 13.3. The van der Waals surface area contributed by atoms with Crippen molar-refractivity contribution in [2.45, 2.75) is 32.7 Å². The first-order valence-corrected chi connectivity index (χ1v) is 11.8. The van der Waals surface area contributed by atoms with Gasteiger partial charge in [0.15, 0.2) is 11.4 Å². The lowest BCUT2D eigenvalue weighted by Crippen LogP contribution is -2.29. The first-order valence-electron chi connectivity index (χ1n) is 11.8. The summed E-state index contributed by atoms with van der Waals surface area (Å²) in [6.45, 7) is 5.53. The molecule has 0 unspecified atom stereocenters. The Kier molecular flexibility index (Phi) is 6.40. The predicted octanol–water partition coefficient (Wildman–Crippen LogP) is 5.05. The Morgan fingerprint density at radius 2 is 2.03 bits per heavy atom. The number of aromatic nitrogens is 4. The SMILES string of the molecule is CCCCN(C)c1ncc(CN2CC=C(c3ccc(F)cc3)CC2)c2nc(-c3ccco3)nn12. The van der Waals surface area contributed by atoms with Crippen molar-refractivity contribution in [1.82, 2.24) is 24.5 Å². The van der Waals surface area contributed by atoms with Gasteiger partial charge in [0.05, 0.1) is 6.26 Å². The van der Waals surface area contributed by atoms with Crippen molar-refractivity contribution in [2.75, 3.05) is 31.6 Å². The predicted molar refractivity (Wildman–Crippen MR) is 131 cm³/mol. The highest BCUT2D eigenvalue weighted by Crippen LogP contribution is 2.26. The van der Waals surface area contributed by atoms with Gasteiger partial charge >= 0.3 is 0 Å². The Bertz CT molecular complexity index is 1280. The lowest BCUT2D eigenvalue weighted by atomic mass is 9.99. The number of hydrogen-bond donors (Lipinski definition) is 0. The highest BCUT2D eigenvalue weighted by Gasteiger charge is 2.20. The Morgan fingerprint density at radius 1 is 1.18 bits per heavy atom. The number of hydrogen-bond acceptors (Lipinski definition) is 6. The van der Waals surface area contributed by atoms with Gasteiger partial charge in [-0.25, -0.2) is 14.4 Å². The zero-order chi connectivity index (χ0) is 23.5. The van der Waals surface area contributed by atoms with Crippen molar-refractivity contribution in [1.29, 1.82) is 0 Å². The standard InChI is InChI=1S/C26H29FN6O/c1-3-4-13-31(2)26-28-17-21(25-29-24(30-33(25)26)23-6-5-16-34-23)18-32-14-11-20(12-15-32)19-7-9-22(27)10-8-19/h5-11,16-17H,3-4,12-15,18H2,1-2H3. The van der Waals surface area contributed by atoms with E-state index in [2.05, 4.69) is 22.8 Å². The monoisotopic (exact) mass is 460 g/mol. The number of unbranched alkanes of at least 4 members (excludes halogenated alkanes) is 1. The molecule has 0 radical (unpaired) electrons. The summed E-state index contributed by atoms with van der Waals surface area (Å²) >= 11 is 0. The van der Waals surface area contributed by atoms with Gasteiger partial charge in [-0.2, -0.15) is 4.52 Å². The summed E-state index contributed by atoms with van der Waals surface area (Å²) in [7, 11) is 2.04. The summed E-state index contributed by atoms with van der Waals surface area (Å²) in [6.07, 6.45) is 8.89. The molecule has 0 N–H and O–H groups in total. The van der Waals surface area contributed by atoms with Crippen LogP contribution in [0.25, 0.3) is 22.8 Å². The van der Waals surface area contributed by atoms with Gasteiger partial charge in [-0.05, 0) is 48.2 Å². The Morgan fingerprint density at radius 3 is 2.74 bits per heavy atom. The molecule has 0 saturated carbocycles. The van der Waals surface area contributed by atoms with Gasteiger partial charge in [-0.15, -0.1) is 5.10 Å². The van der Waals surface area contributed by atoms with Gasteiger partial charge < -0.3 is 9.32 Å². The maximum absolute atomic E-state index is 13.3. The van der Waals surface area contributed by atoms with E-state index in [4.69, 9.17) is 19.5 Å². The molecule has 0 amide bonds. The molecule has 0 bridgehead atoms. The van der Waals surface area contributed by atoms with Crippen LogP contribution in [0.5, 0.6) is 0 Å². The smallest absolute Gasteiger partial charge is 0.228 e. The molecule has 0 atom stereocenters. The van der Waals surface area contributed by atoms with Crippen molar-refractivity contribution in [3.63, 3.8) is 0 Å². The Hall–Kier alpha value is -3.52. The van der Waals surface area contributed by atoms with Gasteiger partial charge in [0, 0.05) is 45.0 Å². The molecule has 0 fully saturated rings. The molecule has 0 saturated heterocycles. The summed E-state index contributed by atoms with van der Waals surface area (Å²) < 4.78 is 20.7. The van der Waals surface area contributed by atoms with Crippen LogP contribution in [-0.2, 0) is 6.54 Å². The molecule has 0 aliphatic carbocycles. The van der Waals surface area contributed by atoms with Crippen LogP contribution < -0.4 is 4.90 Å². The number of nitrogens with zero attached hydrogens (tertiary/aromatic N) is 6. The second-order valence-corrected chi connectivity index (χ2v) is 8.73. The van der Waals surface area contributed by atoms with Crippen LogP contribution >= 0.6 is 0 Å². The van der Waals surface area contributed by atoms with E-state index < -0.39 is 0 Å². The topological polar surface area (TPSA) is 62.7 Å². The molecule has 1 aliphatic rings. The molecular formula is C26H29FN6O. The lowest BCUT2D eigenvalue weighted by Gasteiger charge is -2.27. The summed E-state index contributed by atoms with van der Waals surface area (Å²) in [5, 5.41) is 4.74. The van der Waals surface area contributed by atoms with Crippen molar-refractivity contribution in [3.8, 4) is 11.6 Å². The minimum Gasteiger partial charge on any atom is -0.461 e. The van der Waals surface area contributed by atoms with Crippen molar-refractivity contribution in [3.05, 3.63) is 71.9 Å². The fourth-order valence-corrected chi connectivity index (χ4v) is 4.31. The summed E-state index contributed by atoms with van der Waals surface area (Å²) in [5.41, 5.74) is 4.17. The quantitative estimate of drug-likeness (QED) is 0.367. The zero-order valence-electron chi connectivity index (χ0n) is 19.6. The molecule has 0 spiro atoms. The zero-order valence-corrected chi connectivity index (χ0v) is 19.6. The van der Waals surface area contributed by atoms with Crippen LogP contribution in [0.1, 0.15) is 37.3 Å². The van der Waals surface area contributed by atoms with Crippen LogP contribution in [0, 0.1) is 5.82 Å². The first-order chi connectivity index (χ1) is 16.6. The third kappa shape index (κ3) is 4.59. The van der Waals surface area contributed by atoms with Crippen LogP contribution in [0.4, 0.5) is 10.3 Å². The molecule has 4 heterocycles. The molecule has 1 aliphatic heterocycles. The highest BCUT2D eigenvalue weighted by atomic mass is 19.1. The Labute approximate surface area is 198 Å². The van der Waals surface area contributed by atoms with E-state index in [-0.39, 0.29) is 5.82 Å². The molecular weight excluding hydrogens is 431 g/mol. The molecule has 34 heavy (non-hydrogen) atoms. The van der Waals surface area contributed by atoms with E-state index in [1.165, 1.54) is 17.7 Å². The minimum absolute atomic E-state index is 0.204. The lowest BCUT2D eigenvalue weighted by molar-refractivity contribution is 0.294.